The van der Waals surface area contributed by atoms with Crippen LogP contribution < -0.4 is 5.32 Å². The van der Waals surface area contributed by atoms with E-state index < -0.39 is 0 Å². The quantitative estimate of drug-likeness (QED) is 0.885. The molecule has 1 aliphatic carbocycles. The van der Waals surface area contributed by atoms with Gasteiger partial charge in [0.2, 0.25) is 0 Å². The van der Waals surface area contributed by atoms with Crippen LogP contribution in [0.3, 0.4) is 0 Å². The molecule has 1 fully saturated rings. The molecule has 1 atom stereocenters. The van der Waals surface area contributed by atoms with Gasteiger partial charge in [-0.3, -0.25) is 0 Å². The van der Waals surface area contributed by atoms with Crippen LogP contribution in [-0.4, -0.2) is 18.7 Å². The van der Waals surface area contributed by atoms with E-state index in [1.807, 2.05) is 0 Å². The molecule has 0 aromatic heterocycles. The van der Waals surface area contributed by atoms with Crippen molar-refractivity contribution in [2.24, 2.45) is 0 Å². The molecule has 2 aliphatic rings. The van der Waals surface area contributed by atoms with Gasteiger partial charge in [0.15, 0.2) is 0 Å². The van der Waals surface area contributed by atoms with E-state index in [4.69, 9.17) is 4.74 Å². The third kappa shape index (κ3) is 2.29. The van der Waals surface area contributed by atoms with Gasteiger partial charge in [-0.1, -0.05) is 38.1 Å². The summed E-state index contributed by atoms with van der Waals surface area (Å²) in [6.07, 6.45) is 7.07. The molecule has 1 N–H and O–H groups in total. The van der Waals surface area contributed by atoms with E-state index in [2.05, 4.69) is 43.4 Å². The van der Waals surface area contributed by atoms with Gasteiger partial charge >= 0.3 is 0 Å². The predicted octanol–water partition coefficient (Wildman–Crippen LogP) is 3.79. The van der Waals surface area contributed by atoms with Crippen molar-refractivity contribution in [3.63, 3.8) is 0 Å². The van der Waals surface area contributed by atoms with E-state index in [1.165, 1.54) is 30.4 Å². The third-order valence-electron chi connectivity index (χ3n) is 5.34. The molecule has 0 saturated carbocycles. The van der Waals surface area contributed by atoms with Crippen molar-refractivity contribution in [1.29, 1.82) is 0 Å². The normalized spacial score (nSPS) is 28.9. The minimum atomic E-state index is -0.0998. The number of hydrogen-bond donors (Lipinski definition) is 1. The minimum Gasteiger partial charge on any atom is -0.361 e. The smallest absolute Gasteiger partial charge is 0.107 e. The van der Waals surface area contributed by atoms with Crippen molar-refractivity contribution in [3.8, 4) is 0 Å². The molecule has 1 unspecified atom stereocenters. The van der Waals surface area contributed by atoms with Crippen LogP contribution in [0.15, 0.2) is 24.3 Å². The Morgan fingerprint density at radius 2 is 1.90 bits per heavy atom. The molecule has 0 bridgehead atoms. The summed E-state index contributed by atoms with van der Waals surface area (Å²) in [7, 11) is 0. The van der Waals surface area contributed by atoms with Gasteiger partial charge in [-0.2, -0.15) is 0 Å². The number of aryl methyl sites for hydroxylation is 1. The van der Waals surface area contributed by atoms with Gasteiger partial charge in [0.05, 0.1) is 5.60 Å². The fraction of sp³-hybridized carbons (Fsp3) is 0.667. The molecule has 20 heavy (non-hydrogen) atoms. The molecule has 0 radical (unpaired) electrons. The number of fused-ring (bicyclic) bond motifs is 2. The van der Waals surface area contributed by atoms with Gasteiger partial charge in [0, 0.05) is 13.1 Å². The van der Waals surface area contributed by atoms with Crippen LogP contribution >= 0.6 is 0 Å². The van der Waals surface area contributed by atoms with Crippen LogP contribution in [0.1, 0.15) is 57.1 Å². The van der Waals surface area contributed by atoms with Crippen LogP contribution in [0.4, 0.5) is 0 Å². The molecular formula is C18H27NO. The second-order valence-electron chi connectivity index (χ2n) is 6.45. The predicted molar refractivity (Wildman–Crippen MR) is 82.9 cm³/mol. The van der Waals surface area contributed by atoms with E-state index in [9.17, 15) is 0 Å². The molecule has 110 valence electrons. The number of benzene rings is 1. The van der Waals surface area contributed by atoms with E-state index >= 15 is 0 Å². The highest BCUT2D eigenvalue weighted by molar-refractivity contribution is 5.35. The van der Waals surface area contributed by atoms with Gasteiger partial charge in [-0.25, -0.2) is 0 Å². The van der Waals surface area contributed by atoms with Crippen molar-refractivity contribution in [2.75, 3.05) is 13.1 Å². The lowest BCUT2D eigenvalue weighted by molar-refractivity contribution is -0.190. The van der Waals surface area contributed by atoms with Crippen LogP contribution in [0, 0.1) is 0 Å². The van der Waals surface area contributed by atoms with E-state index in [-0.39, 0.29) is 11.2 Å². The summed E-state index contributed by atoms with van der Waals surface area (Å²) in [5.41, 5.74) is 2.85. The Labute approximate surface area is 122 Å². The lowest BCUT2D eigenvalue weighted by Crippen LogP contribution is -2.58. The average Bonchev–Trinajstić information content (AvgIpc) is 2.68. The zero-order chi connectivity index (χ0) is 14.1. The highest BCUT2D eigenvalue weighted by atomic mass is 16.5. The van der Waals surface area contributed by atoms with Gasteiger partial charge in [-0.15, -0.1) is 0 Å². The Hall–Kier alpha value is -0.860. The molecular weight excluding hydrogens is 246 g/mol. The van der Waals surface area contributed by atoms with Crippen LogP contribution in [0.5, 0.6) is 0 Å². The number of rotatable bonds is 2. The van der Waals surface area contributed by atoms with E-state index in [0.29, 0.717) is 0 Å². The fourth-order valence-corrected chi connectivity index (χ4v) is 3.96. The monoisotopic (exact) mass is 273 g/mol. The highest BCUT2D eigenvalue weighted by Gasteiger charge is 2.46. The first-order valence-electron chi connectivity index (χ1n) is 8.23. The molecule has 2 nitrogen and oxygen atoms in total. The molecule has 1 spiro atoms. The fourth-order valence-electron chi connectivity index (χ4n) is 3.96. The number of morpholine rings is 1. The summed E-state index contributed by atoms with van der Waals surface area (Å²) in [5.74, 6) is 0. The first-order valence-corrected chi connectivity index (χ1v) is 8.23. The van der Waals surface area contributed by atoms with Gasteiger partial charge in [0.1, 0.15) is 5.60 Å². The third-order valence-corrected chi connectivity index (χ3v) is 5.34. The Bertz CT molecular complexity index is 466. The van der Waals surface area contributed by atoms with E-state index in [0.717, 1.165) is 32.4 Å². The molecule has 3 rings (SSSR count). The average molecular weight is 273 g/mol. The SMILES string of the molecule is CCC1(CC)CNCC2(CCCCc3ccccc32)O1. The van der Waals surface area contributed by atoms with Gasteiger partial charge in [0.25, 0.3) is 0 Å². The Kier molecular flexibility index (Phi) is 3.87. The zero-order valence-electron chi connectivity index (χ0n) is 12.9. The van der Waals surface area contributed by atoms with Crippen molar-refractivity contribution in [1.82, 2.24) is 5.32 Å². The van der Waals surface area contributed by atoms with Gasteiger partial charge in [-0.05, 0) is 49.7 Å². The maximum atomic E-state index is 6.84. The summed E-state index contributed by atoms with van der Waals surface area (Å²) < 4.78 is 6.84. The Balaban J connectivity index is 2.02. The summed E-state index contributed by atoms with van der Waals surface area (Å²) >= 11 is 0. The Morgan fingerprint density at radius 1 is 1.10 bits per heavy atom. The molecule has 2 heteroatoms. The maximum Gasteiger partial charge on any atom is 0.107 e. The van der Waals surface area contributed by atoms with Gasteiger partial charge < -0.3 is 10.1 Å². The standard InChI is InChI=1S/C18H27NO/c1-3-17(4-2)13-19-14-18(20-17)12-8-7-10-15-9-5-6-11-16(15)18/h5-6,9,11,19H,3-4,7-8,10,12-14H2,1-2H3. The molecule has 1 saturated heterocycles. The number of ether oxygens (including phenoxy) is 1. The first kappa shape index (κ1) is 14.1. The largest absolute Gasteiger partial charge is 0.361 e. The Morgan fingerprint density at radius 3 is 2.70 bits per heavy atom. The molecule has 1 heterocycles. The van der Waals surface area contributed by atoms with Crippen LogP contribution in [-0.2, 0) is 16.8 Å². The van der Waals surface area contributed by atoms with Crippen molar-refractivity contribution < 1.29 is 4.74 Å². The van der Waals surface area contributed by atoms with Crippen LogP contribution in [0.2, 0.25) is 0 Å². The van der Waals surface area contributed by atoms with Crippen LogP contribution in [0.25, 0.3) is 0 Å². The molecule has 0 amide bonds. The minimum absolute atomic E-state index is 0.00962. The lowest BCUT2D eigenvalue weighted by atomic mass is 9.83. The maximum absolute atomic E-state index is 6.84. The summed E-state index contributed by atoms with van der Waals surface area (Å²) in [6, 6.07) is 8.92. The zero-order valence-corrected chi connectivity index (χ0v) is 12.9. The first-order chi connectivity index (χ1) is 9.74. The molecule has 1 aliphatic heterocycles. The summed E-state index contributed by atoms with van der Waals surface area (Å²) in [5, 5.41) is 3.68. The molecule has 1 aromatic rings. The highest BCUT2D eigenvalue weighted by Crippen LogP contribution is 2.43. The lowest BCUT2D eigenvalue weighted by Gasteiger charge is -2.49. The second kappa shape index (κ2) is 5.50. The van der Waals surface area contributed by atoms with Crippen molar-refractivity contribution >= 4 is 0 Å². The van der Waals surface area contributed by atoms with Crippen molar-refractivity contribution in [2.45, 2.75) is 63.6 Å². The summed E-state index contributed by atoms with van der Waals surface area (Å²) in [6.45, 7) is 6.47. The number of hydrogen-bond acceptors (Lipinski definition) is 2. The number of nitrogens with one attached hydrogen (secondary N) is 1. The molecule has 1 aromatic carbocycles. The summed E-state index contributed by atoms with van der Waals surface area (Å²) in [4.78, 5) is 0. The topological polar surface area (TPSA) is 21.3 Å². The van der Waals surface area contributed by atoms with E-state index in [1.54, 1.807) is 0 Å². The van der Waals surface area contributed by atoms with Crippen molar-refractivity contribution in [3.05, 3.63) is 35.4 Å². The second-order valence-corrected chi connectivity index (χ2v) is 6.45.